The third kappa shape index (κ3) is 4.29. The second kappa shape index (κ2) is 9.14. The van der Waals surface area contributed by atoms with E-state index in [1.165, 1.54) is 12.1 Å². The molecule has 1 unspecified atom stereocenters. The van der Waals surface area contributed by atoms with Crippen LogP contribution in [-0.2, 0) is 6.18 Å². The minimum atomic E-state index is -4.43. The number of nitrogens with one attached hydrogen (secondary N) is 1. The van der Waals surface area contributed by atoms with Crippen LogP contribution in [0.15, 0.2) is 55.4 Å². The van der Waals surface area contributed by atoms with Gasteiger partial charge in [0, 0.05) is 37.6 Å². The molecule has 2 aliphatic rings. The number of rotatable bonds is 6. The fraction of sp³-hybridized carbons (Fsp3) is 0.333. The summed E-state index contributed by atoms with van der Waals surface area (Å²) in [6, 6.07) is 4.42. The number of hydrogen-bond donors (Lipinski definition) is 1. The van der Waals surface area contributed by atoms with Crippen LogP contribution in [-0.4, -0.2) is 52.8 Å². The zero-order valence-electron chi connectivity index (χ0n) is 20.8. The zero-order chi connectivity index (χ0) is 26.6. The average molecular weight is 532 g/mol. The van der Waals surface area contributed by atoms with Gasteiger partial charge in [0.05, 0.1) is 28.4 Å². The van der Waals surface area contributed by atoms with E-state index in [0.717, 1.165) is 68.0 Å². The summed E-state index contributed by atoms with van der Waals surface area (Å²) in [5.41, 5.74) is 2.22. The summed E-state index contributed by atoms with van der Waals surface area (Å²) in [6.07, 6.45) is 8.20. The number of aromatic amines is 1. The Bertz CT molecular complexity index is 1620. The Kier molecular flexibility index (Phi) is 5.56. The predicted octanol–water partition coefficient (Wildman–Crippen LogP) is 5.14. The molecule has 0 spiro atoms. The lowest BCUT2D eigenvalue weighted by Gasteiger charge is -2.21. The summed E-state index contributed by atoms with van der Waals surface area (Å²) < 4.78 is 41.4. The molecule has 2 fully saturated rings. The quantitative estimate of drug-likeness (QED) is 0.324. The number of aromatic nitrogens is 8. The Hall–Kier alpha value is -4.35. The number of anilines is 1. The molecule has 0 bridgehead atoms. The fourth-order valence-electron chi connectivity index (χ4n) is 5.28. The predicted molar refractivity (Wildman–Crippen MR) is 137 cm³/mol. The monoisotopic (exact) mass is 531 g/mol. The molecule has 1 atom stereocenters. The summed E-state index contributed by atoms with van der Waals surface area (Å²) in [7, 11) is 0. The molecule has 39 heavy (non-hydrogen) atoms. The van der Waals surface area contributed by atoms with Gasteiger partial charge in [-0.3, -0.25) is 0 Å². The fourth-order valence-corrected chi connectivity index (χ4v) is 5.28. The summed E-state index contributed by atoms with van der Waals surface area (Å²) >= 11 is 0. The molecule has 5 aromatic rings. The second-order valence-corrected chi connectivity index (χ2v) is 9.98. The number of benzene rings is 1. The Morgan fingerprint density at radius 2 is 1.74 bits per heavy atom. The molecule has 5 heterocycles. The van der Waals surface area contributed by atoms with Crippen LogP contribution in [0.1, 0.15) is 60.3 Å². The van der Waals surface area contributed by atoms with Gasteiger partial charge in [-0.15, -0.1) is 0 Å². The SMILES string of the molecule is FC(F)(F)c1ccc(C(c2ncc[nH]2)n2ncc3cnc(-c4c(C5CC5)ncnc4N4CCCC4)nc32)cc1. The topological polar surface area (TPSA) is 101 Å². The lowest BCUT2D eigenvalue weighted by atomic mass is 10.0. The molecule has 1 saturated carbocycles. The number of imidazole rings is 1. The highest BCUT2D eigenvalue weighted by Crippen LogP contribution is 2.45. The van der Waals surface area contributed by atoms with Crippen molar-refractivity contribution in [1.29, 1.82) is 0 Å². The summed E-state index contributed by atoms with van der Waals surface area (Å²) in [4.78, 5) is 28.8. The first-order valence-corrected chi connectivity index (χ1v) is 12.9. The summed E-state index contributed by atoms with van der Waals surface area (Å²) in [5.74, 6) is 2.25. The maximum Gasteiger partial charge on any atom is 0.416 e. The number of alkyl halides is 3. The van der Waals surface area contributed by atoms with Gasteiger partial charge in [0.25, 0.3) is 0 Å². The average Bonchev–Trinajstić information content (AvgIpc) is 3.31. The van der Waals surface area contributed by atoms with Gasteiger partial charge in [0.15, 0.2) is 11.5 Å². The highest BCUT2D eigenvalue weighted by atomic mass is 19.4. The minimum Gasteiger partial charge on any atom is -0.356 e. The van der Waals surface area contributed by atoms with E-state index >= 15 is 0 Å². The van der Waals surface area contributed by atoms with Gasteiger partial charge < -0.3 is 9.88 Å². The first kappa shape index (κ1) is 23.7. The first-order valence-electron chi connectivity index (χ1n) is 12.9. The maximum atomic E-state index is 13.3. The Morgan fingerprint density at radius 1 is 0.949 bits per heavy atom. The van der Waals surface area contributed by atoms with Crippen molar-refractivity contribution < 1.29 is 13.2 Å². The van der Waals surface area contributed by atoms with Crippen LogP contribution < -0.4 is 4.90 Å². The van der Waals surface area contributed by atoms with Crippen molar-refractivity contribution in [2.45, 2.75) is 43.8 Å². The van der Waals surface area contributed by atoms with E-state index in [2.05, 4.69) is 29.9 Å². The second-order valence-electron chi connectivity index (χ2n) is 9.98. The molecule has 1 saturated heterocycles. The Balaban J connectivity index is 1.38. The van der Waals surface area contributed by atoms with E-state index in [1.807, 2.05) is 0 Å². The van der Waals surface area contributed by atoms with E-state index in [-0.39, 0.29) is 0 Å². The third-order valence-corrected chi connectivity index (χ3v) is 7.36. The normalized spacial score (nSPS) is 16.7. The lowest BCUT2D eigenvalue weighted by molar-refractivity contribution is -0.137. The van der Waals surface area contributed by atoms with Gasteiger partial charge in [-0.1, -0.05) is 12.1 Å². The van der Waals surface area contributed by atoms with Gasteiger partial charge in [0.1, 0.15) is 24.0 Å². The number of nitrogens with zero attached hydrogens (tertiary/aromatic N) is 8. The van der Waals surface area contributed by atoms with Gasteiger partial charge in [-0.05, 0) is 43.4 Å². The Labute approximate surface area is 221 Å². The van der Waals surface area contributed by atoms with Crippen molar-refractivity contribution in [2.24, 2.45) is 0 Å². The molecule has 0 radical (unpaired) electrons. The highest BCUT2D eigenvalue weighted by Gasteiger charge is 2.34. The molecule has 1 aromatic carbocycles. The van der Waals surface area contributed by atoms with E-state index in [1.54, 1.807) is 35.8 Å². The van der Waals surface area contributed by atoms with Gasteiger partial charge >= 0.3 is 6.18 Å². The number of H-pyrrole nitrogens is 1. The smallest absolute Gasteiger partial charge is 0.356 e. The standard InChI is InChI=1S/C27H24F3N9/c28-27(29,30)19-7-5-17(6-8-19)22(24-31-9-10-32-24)39-25-18(14-36-39)13-33-23(37-25)20-21(16-3-4-16)34-15-35-26(20)38-11-1-2-12-38/h5-10,13-16,22H,1-4,11-12H2,(H,31,32). The maximum absolute atomic E-state index is 13.3. The highest BCUT2D eigenvalue weighted by molar-refractivity contribution is 5.80. The molecule has 1 N–H and O–H groups in total. The molecule has 9 nitrogen and oxygen atoms in total. The molecular weight excluding hydrogens is 507 g/mol. The van der Waals surface area contributed by atoms with Gasteiger partial charge in [-0.25, -0.2) is 29.6 Å². The van der Waals surface area contributed by atoms with E-state index in [0.29, 0.717) is 34.2 Å². The van der Waals surface area contributed by atoms with Crippen molar-refractivity contribution >= 4 is 16.9 Å². The largest absolute Gasteiger partial charge is 0.416 e. The van der Waals surface area contributed by atoms with Crippen molar-refractivity contribution in [3.8, 4) is 11.4 Å². The third-order valence-electron chi connectivity index (χ3n) is 7.36. The number of halogens is 3. The van der Waals surface area contributed by atoms with E-state index in [4.69, 9.17) is 9.97 Å². The molecular formula is C27H24F3N9. The van der Waals surface area contributed by atoms with Crippen LogP contribution in [0.5, 0.6) is 0 Å². The van der Waals surface area contributed by atoms with Crippen LogP contribution >= 0.6 is 0 Å². The van der Waals surface area contributed by atoms with Crippen LogP contribution in [0.2, 0.25) is 0 Å². The first-order chi connectivity index (χ1) is 19.0. The molecule has 4 aromatic heterocycles. The van der Waals surface area contributed by atoms with E-state index < -0.39 is 17.8 Å². The van der Waals surface area contributed by atoms with Crippen molar-refractivity contribution in [1.82, 2.24) is 39.7 Å². The number of fused-ring (bicyclic) bond motifs is 1. The van der Waals surface area contributed by atoms with Crippen LogP contribution in [0.4, 0.5) is 19.0 Å². The lowest BCUT2D eigenvalue weighted by Crippen LogP contribution is -2.21. The van der Waals surface area contributed by atoms with Gasteiger partial charge in [-0.2, -0.15) is 18.3 Å². The Morgan fingerprint density at radius 3 is 2.44 bits per heavy atom. The van der Waals surface area contributed by atoms with E-state index in [9.17, 15) is 13.2 Å². The van der Waals surface area contributed by atoms with Crippen molar-refractivity contribution in [3.05, 3.63) is 78.0 Å². The molecule has 7 rings (SSSR count). The van der Waals surface area contributed by atoms with Gasteiger partial charge in [0.2, 0.25) is 0 Å². The number of hydrogen-bond acceptors (Lipinski definition) is 7. The molecule has 0 amide bonds. The van der Waals surface area contributed by atoms with Crippen LogP contribution in [0.3, 0.4) is 0 Å². The molecule has 1 aliphatic heterocycles. The van der Waals surface area contributed by atoms with Crippen LogP contribution in [0.25, 0.3) is 22.4 Å². The molecule has 198 valence electrons. The van der Waals surface area contributed by atoms with Crippen LogP contribution in [0, 0.1) is 0 Å². The van der Waals surface area contributed by atoms with Crippen molar-refractivity contribution in [2.75, 3.05) is 18.0 Å². The minimum absolute atomic E-state index is 0.358. The van der Waals surface area contributed by atoms with Crippen molar-refractivity contribution in [3.63, 3.8) is 0 Å². The molecule has 1 aliphatic carbocycles. The summed E-state index contributed by atoms with van der Waals surface area (Å²) in [5, 5.41) is 5.30. The molecule has 12 heteroatoms. The zero-order valence-corrected chi connectivity index (χ0v) is 20.8. The summed E-state index contributed by atoms with van der Waals surface area (Å²) in [6.45, 7) is 1.84.